The molecule has 3 rings (SSSR count). The average Bonchev–Trinajstić information content (AvgIpc) is 3.06. The lowest BCUT2D eigenvalue weighted by molar-refractivity contribution is 0.538. The van der Waals surface area contributed by atoms with Gasteiger partial charge in [0.25, 0.3) is 0 Å². The monoisotopic (exact) mass is 527 g/mol. The molecule has 0 spiro atoms. The quantitative estimate of drug-likeness (QED) is 0.288. The lowest BCUT2D eigenvalue weighted by atomic mass is 10.1. The fourth-order valence-electron chi connectivity index (χ4n) is 3.03. The normalized spacial score (nSPS) is 11.9. The van der Waals surface area contributed by atoms with Crippen LogP contribution < -0.4 is 10.6 Å². The molecule has 2 aromatic carbocycles. The van der Waals surface area contributed by atoms with Crippen molar-refractivity contribution in [2.75, 3.05) is 12.8 Å². The predicted molar refractivity (Wildman–Crippen MR) is 128 cm³/mol. The van der Waals surface area contributed by atoms with Gasteiger partial charge in [0.2, 0.25) is 0 Å². The molecule has 0 aliphatic heterocycles. The molecule has 6 nitrogen and oxygen atoms in total. The van der Waals surface area contributed by atoms with Crippen LogP contribution >= 0.6 is 24.0 Å². The number of fused-ring (bicyclic) bond motifs is 1. The number of halogens is 1. The van der Waals surface area contributed by atoms with Crippen LogP contribution in [-0.2, 0) is 22.9 Å². The molecular weight excluding hydrogens is 501 g/mol. The number of nitrogens with zero attached hydrogens (tertiary/aromatic N) is 1. The molecule has 29 heavy (non-hydrogen) atoms. The maximum Gasteiger partial charge on any atom is 0.191 e. The van der Waals surface area contributed by atoms with Gasteiger partial charge < -0.3 is 15.1 Å². The number of rotatable bonds is 6. The maximum absolute atomic E-state index is 11.7. The first-order chi connectivity index (χ1) is 13.4. The number of nitrogens with one attached hydrogen (secondary N) is 2. The van der Waals surface area contributed by atoms with Crippen LogP contribution in [0, 0.1) is 6.92 Å². The van der Waals surface area contributed by atoms with Crippen LogP contribution in [-0.4, -0.2) is 27.2 Å². The van der Waals surface area contributed by atoms with Crippen LogP contribution in [0.5, 0.6) is 0 Å². The SMILES string of the molecule is CCNC(=NCc1ccc(S(C)(=O)=O)c(C)c1)NCc1cc2ccccc2o1.I. The minimum atomic E-state index is -3.21. The van der Waals surface area contributed by atoms with Gasteiger partial charge in [-0.1, -0.05) is 30.3 Å². The molecular formula is C21H26IN3O3S. The minimum Gasteiger partial charge on any atom is -0.459 e. The third kappa shape index (κ3) is 6.20. The van der Waals surface area contributed by atoms with Crippen LogP contribution in [0.4, 0.5) is 0 Å². The zero-order valence-corrected chi connectivity index (χ0v) is 19.9. The number of guanidine groups is 1. The zero-order chi connectivity index (χ0) is 20.1. The van der Waals surface area contributed by atoms with E-state index in [0.717, 1.165) is 34.4 Å². The van der Waals surface area contributed by atoms with E-state index < -0.39 is 9.84 Å². The van der Waals surface area contributed by atoms with Crippen LogP contribution in [0.1, 0.15) is 23.8 Å². The largest absolute Gasteiger partial charge is 0.459 e. The van der Waals surface area contributed by atoms with Gasteiger partial charge in [-0.2, -0.15) is 0 Å². The van der Waals surface area contributed by atoms with Gasteiger partial charge in [0, 0.05) is 18.2 Å². The summed E-state index contributed by atoms with van der Waals surface area (Å²) in [4.78, 5) is 4.95. The Morgan fingerprint density at radius 3 is 2.52 bits per heavy atom. The summed E-state index contributed by atoms with van der Waals surface area (Å²) in [6, 6.07) is 15.2. The number of para-hydroxylation sites is 1. The highest BCUT2D eigenvalue weighted by molar-refractivity contribution is 14.0. The van der Waals surface area contributed by atoms with E-state index in [2.05, 4.69) is 15.6 Å². The molecule has 0 radical (unpaired) electrons. The van der Waals surface area contributed by atoms with Crippen molar-refractivity contribution in [3.8, 4) is 0 Å². The van der Waals surface area contributed by atoms with Crippen molar-refractivity contribution in [1.82, 2.24) is 10.6 Å². The van der Waals surface area contributed by atoms with E-state index in [0.29, 0.717) is 23.9 Å². The van der Waals surface area contributed by atoms with Gasteiger partial charge in [-0.3, -0.25) is 0 Å². The topological polar surface area (TPSA) is 83.7 Å². The average molecular weight is 527 g/mol. The Bertz CT molecular complexity index is 1070. The summed E-state index contributed by atoms with van der Waals surface area (Å²) in [6.45, 7) is 5.50. The summed E-state index contributed by atoms with van der Waals surface area (Å²) in [5.41, 5.74) is 2.55. The van der Waals surface area contributed by atoms with Crippen molar-refractivity contribution in [3.63, 3.8) is 0 Å². The predicted octanol–water partition coefficient (Wildman–Crippen LogP) is 4.02. The first-order valence-corrected chi connectivity index (χ1v) is 11.0. The first-order valence-electron chi connectivity index (χ1n) is 9.16. The van der Waals surface area contributed by atoms with E-state index in [9.17, 15) is 8.42 Å². The molecule has 0 saturated heterocycles. The lowest BCUT2D eigenvalue weighted by Crippen LogP contribution is -2.36. The fraction of sp³-hybridized carbons (Fsp3) is 0.286. The van der Waals surface area contributed by atoms with Crippen molar-refractivity contribution in [1.29, 1.82) is 0 Å². The second-order valence-electron chi connectivity index (χ2n) is 6.67. The third-order valence-electron chi connectivity index (χ3n) is 4.31. The van der Waals surface area contributed by atoms with Gasteiger partial charge in [0.05, 0.1) is 18.0 Å². The highest BCUT2D eigenvalue weighted by atomic mass is 127. The van der Waals surface area contributed by atoms with Crippen LogP contribution in [0.25, 0.3) is 11.0 Å². The molecule has 0 aliphatic rings. The second-order valence-corrected chi connectivity index (χ2v) is 8.66. The summed E-state index contributed by atoms with van der Waals surface area (Å²) in [5.74, 6) is 1.51. The number of hydrogen-bond donors (Lipinski definition) is 2. The minimum absolute atomic E-state index is 0. The fourth-order valence-corrected chi connectivity index (χ4v) is 3.99. The molecule has 2 N–H and O–H groups in total. The van der Waals surface area contributed by atoms with Crippen molar-refractivity contribution < 1.29 is 12.8 Å². The third-order valence-corrected chi connectivity index (χ3v) is 5.57. The summed E-state index contributed by atoms with van der Waals surface area (Å²) in [6.07, 6.45) is 1.22. The molecule has 0 aliphatic carbocycles. The summed E-state index contributed by atoms with van der Waals surface area (Å²) in [7, 11) is -3.21. The molecule has 1 heterocycles. The standard InChI is InChI=1S/C21H25N3O3S.HI/c1-4-22-21(24-14-18-12-17-7-5-6-8-19(17)27-18)23-13-16-9-10-20(15(2)11-16)28(3,25)26;/h5-12H,4,13-14H2,1-3H3,(H2,22,23,24);1H. The lowest BCUT2D eigenvalue weighted by Gasteiger charge is -2.11. The molecule has 0 fully saturated rings. The molecule has 0 unspecified atom stereocenters. The Morgan fingerprint density at radius 2 is 1.86 bits per heavy atom. The second kappa shape index (κ2) is 10.1. The van der Waals surface area contributed by atoms with Gasteiger partial charge in [-0.25, -0.2) is 13.4 Å². The van der Waals surface area contributed by atoms with Gasteiger partial charge in [0.15, 0.2) is 15.8 Å². The van der Waals surface area contributed by atoms with Crippen LogP contribution in [0.15, 0.2) is 62.8 Å². The molecule has 0 atom stereocenters. The maximum atomic E-state index is 11.7. The number of benzene rings is 2. The van der Waals surface area contributed by atoms with Gasteiger partial charge >= 0.3 is 0 Å². The van der Waals surface area contributed by atoms with E-state index in [4.69, 9.17) is 4.42 Å². The van der Waals surface area contributed by atoms with Crippen LogP contribution in [0.3, 0.4) is 0 Å². The Labute approximate surface area is 188 Å². The number of aryl methyl sites for hydroxylation is 1. The van der Waals surface area contributed by atoms with E-state index in [1.54, 1.807) is 19.1 Å². The highest BCUT2D eigenvalue weighted by Crippen LogP contribution is 2.19. The Balaban J connectivity index is 0.00000300. The smallest absolute Gasteiger partial charge is 0.191 e. The first kappa shape index (κ1) is 23.2. The van der Waals surface area contributed by atoms with Gasteiger partial charge in [-0.05, 0) is 43.2 Å². The van der Waals surface area contributed by atoms with Crippen molar-refractivity contribution in [3.05, 3.63) is 65.4 Å². The summed E-state index contributed by atoms with van der Waals surface area (Å²) >= 11 is 0. The molecule has 156 valence electrons. The molecule has 3 aromatic rings. The van der Waals surface area contributed by atoms with Gasteiger partial charge in [-0.15, -0.1) is 24.0 Å². The molecule has 1 aromatic heterocycles. The Hall–Kier alpha value is -2.07. The van der Waals surface area contributed by atoms with E-state index in [1.165, 1.54) is 6.26 Å². The van der Waals surface area contributed by atoms with Gasteiger partial charge in [0.1, 0.15) is 11.3 Å². The Morgan fingerprint density at radius 1 is 1.10 bits per heavy atom. The molecule has 0 saturated carbocycles. The summed E-state index contributed by atoms with van der Waals surface area (Å²) in [5, 5.41) is 7.55. The van der Waals surface area contributed by atoms with E-state index in [1.807, 2.05) is 43.3 Å². The highest BCUT2D eigenvalue weighted by Gasteiger charge is 2.11. The number of hydrogen-bond acceptors (Lipinski definition) is 4. The zero-order valence-electron chi connectivity index (χ0n) is 16.7. The number of furan rings is 1. The Kier molecular flexibility index (Phi) is 8.09. The van der Waals surface area contributed by atoms with Crippen molar-refractivity contribution >= 4 is 50.7 Å². The van der Waals surface area contributed by atoms with Crippen LogP contribution in [0.2, 0.25) is 0 Å². The van der Waals surface area contributed by atoms with E-state index >= 15 is 0 Å². The molecule has 0 bridgehead atoms. The van der Waals surface area contributed by atoms with E-state index in [-0.39, 0.29) is 24.0 Å². The molecule has 0 amide bonds. The summed E-state index contributed by atoms with van der Waals surface area (Å²) < 4.78 is 29.3. The van der Waals surface area contributed by atoms with Crippen molar-refractivity contribution in [2.24, 2.45) is 4.99 Å². The van der Waals surface area contributed by atoms with Crippen molar-refractivity contribution in [2.45, 2.75) is 31.8 Å². The molecule has 8 heteroatoms. The number of sulfone groups is 1. The number of aliphatic imine (C=N–C) groups is 1.